The van der Waals surface area contributed by atoms with Crippen molar-refractivity contribution in [3.63, 3.8) is 0 Å². The molecule has 0 aliphatic heterocycles. The van der Waals surface area contributed by atoms with Crippen molar-refractivity contribution in [2.75, 3.05) is 0 Å². The van der Waals surface area contributed by atoms with E-state index in [2.05, 4.69) is 0 Å². The van der Waals surface area contributed by atoms with Crippen LogP contribution in [0.15, 0.2) is 107 Å². The number of hydrogen-bond acceptors (Lipinski definition) is 6. The number of nitrogens with zero attached hydrogens (tertiary/aromatic N) is 2. The van der Waals surface area contributed by atoms with Gasteiger partial charge < -0.3 is 0 Å². The van der Waals surface area contributed by atoms with Crippen molar-refractivity contribution in [1.82, 2.24) is 0 Å². The molecule has 30 heavy (non-hydrogen) atoms. The number of rotatable bonds is 6. The van der Waals surface area contributed by atoms with Gasteiger partial charge in [0.05, 0.1) is 0 Å². The van der Waals surface area contributed by atoms with Crippen LogP contribution in [0.3, 0.4) is 0 Å². The lowest BCUT2D eigenvalue weighted by atomic mass is 10.1. The minimum Gasteiger partial charge on any atom is -0.176 e. The Hall–Kier alpha value is -3.50. The molecule has 10 heteroatoms. The summed E-state index contributed by atoms with van der Waals surface area (Å²) in [5, 5.41) is 0.383. The van der Waals surface area contributed by atoms with Crippen LogP contribution in [0.1, 0.15) is 0 Å². The Balaban J connectivity index is 1.80. The Bertz CT molecular complexity index is 1300. The second-order valence-corrected chi connectivity index (χ2v) is 9.13. The van der Waals surface area contributed by atoms with Gasteiger partial charge in [-0.3, -0.25) is 0 Å². The van der Waals surface area contributed by atoms with Crippen LogP contribution in [0.2, 0.25) is 0 Å². The van der Waals surface area contributed by atoms with Crippen molar-refractivity contribution in [3.05, 3.63) is 97.6 Å². The second kappa shape index (κ2) is 7.73. The lowest BCUT2D eigenvalue weighted by Gasteiger charge is -2.08. The zero-order valence-corrected chi connectivity index (χ0v) is 17.0. The highest BCUT2D eigenvalue weighted by Gasteiger charge is 2.28. The summed E-state index contributed by atoms with van der Waals surface area (Å²) in [5.41, 5.74) is 0. The molecule has 2 aromatic heterocycles. The molecule has 0 atom stereocenters. The van der Waals surface area contributed by atoms with Crippen molar-refractivity contribution in [2.45, 2.75) is 9.79 Å². The van der Waals surface area contributed by atoms with Gasteiger partial charge in [0.1, 0.15) is 9.79 Å². The normalized spacial score (nSPS) is 11.9. The largest absolute Gasteiger partial charge is 0.396 e. The van der Waals surface area contributed by atoms with Crippen molar-refractivity contribution in [3.8, 4) is 0 Å². The summed E-state index contributed by atoms with van der Waals surface area (Å²) in [6.07, 6.45) is 5.74. The van der Waals surface area contributed by atoms with Gasteiger partial charge in [0, 0.05) is 44.5 Å². The molecule has 0 radical (unpaired) electrons. The highest BCUT2D eigenvalue weighted by Crippen LogP contribution is 2.28. The van der Waals surface area contributed by atoms with Crippen molar-refractivity contribution in [2.24, 2.45) is 0 Å². The minimum atomic E-state index is -4.24. The highest BCUT2D eigenvalue weighted by molar-refractivity contribution is 7.87. The molecule has 0 saturated heterocycles. The minimum absolute atomic E-state index is 0.166. The van der Waals surface area contributed by atoms with Crippen LogP contribution >= 0.6 is 0 Å². The van der Waals surface area contributed by atoms with Gasteiger partial charge in [-0.1, -0.05) is 36.4 Å². The molecule has 4 aromatic rings. The molecular weight excluding hydrogens is 428 g/mol. The molecule has 4 rings (SSSR count). The third kappa shape index (κ3) is 3.95. The molecule has 0 spiro atoms. The lowest BCUT2D eigenvalue weighted by molar-refractivity contribution is -0.856. The Labute approximate surface area is 173 Å². The Morgan fingerprint density at radius 2 is 0.867 bits per heavy atom. The van der Waals surface area contributed by atoms with Gasteiger partial charge in [-0.2, -0.15) is 16.8 Å². The molecule has 0 N–H and O–H groups in total. The molecule has 8 nitrogen and oxygen atoms in total. The van der Waals surface area contributed by atoms with Crippen LogP contribution in [-0.2, 0) is 20.2 Å². The lowest BCUT2D eigenvalue weighted by Crippen LogP contribution is -2.45. The van der Waals surface area contributed by atoms with E-state index in [4.69, 9.17) is 8.57 Å². The average molecular weight is 444 g/mol. The molecule has 0 unspecified atom stereocenters. The quantitative estimate of drug-likeness (QED) is 0.413. The number of aromatic nitrogens is 2. The van der Waals surface area contributed by atoms with E-state index in [1.807, 2.05) is 0 Å². The Morgan fingerprint density at radius 3 is 1.23 bits per heavy atom. The van der Waals surface area contributed by atoms with Gasteiger partial charge in [-0.05, 0) is 12.1 Å². The van der Waals surface area contributed by atoms with E-state index in [0.29, 0.717) is 0 Å². The molecule has 0 aliphatic rings. The van der Waals surface area contributed by atoms with Gasteiger partial charge >= 0.3 is 20.2 Å². The van der Waals surface area contributed by atoms with Gasteiger partial charge in [-0.25, -0.2) is 0 Å². The van der Waals surface area contributed by atoms with Gasteiger partial charge in [0.2, 0.25) is 24.8 Å². The first-order valence-corrected chi connectivity index (χ1v) is 11.5. The molecule has 0 saturated carbocycles. The topological polar surface area (TPSA) is 94.5 Å². The molecule has 0 amide bonds. The molecule has 2 aromatic carbocycles. The molecule has 0 fully saturated rings. The summed E-state index contributed by atoms with van der Waals surface area (Å²) in [4.78, 5) is -0.332. The number of pyridine rings is 2. The summed E-state index contributed by atoms with van der Waals surface area (Å²) in [6, 6.07) is 18.5. The number of hydrogen-bond donors (Lipinski definition) is 0. The predicted octanol–water partition coefficient (Wildman–Crippen LogP) is 1.05. The van der Waals surface area contributed by atoms with Crippen LogP contribution < -0.4 is 18.0 Å². The second-order valence-electron chi connectivity index (χ2n) is 6.14. The fraction of sp³-hybridized carbons (Fsp3) is 0. The van der Waals surface area contributed by atoms with Crippen LogP contribution in [0.5, 0.6) is 0 Å². The van der Waals surface area contributed by atoms with Crippen molar-refractivity contribution < 1.29 is 34.9 Å². The standard InChI is InChI=1S/C20H16N2O6S2/c23-29(24,27-21-13-3-1-4-14-21)19-11-7-10-18-17(19)9-8-12-20(18)30(25,26)28-22-15-5-2-6-16-22/h1-16H/q+2. The zero-order chi connectivity index (χ0) is 21.2. The first kappa shape index (κ1) is 19.8. The molecule has 0 aliphatic carbocycles. The van der Waals surface area contributed by atoms with Crippen LogP contribution in [0.4, 0.5) is 0 Å². The van der Waals surface area contributed by atoms with Gasteiger partial charge in [0.15, 0.2) is 0 Å². The maximum absolute atomic E-state index is 12.8. The Kier molecular flexibility index (Phi) is 5.10. The number of fused-ring (bicyclic) bond motifs is 1. The summed E-state index contributed by atoms with van der Waals surface area (Å²) < 4.78 is 63.7. The maximum Gasteiger partial charge on any atom is 0.396 e. The highest BCUT2D eigenvalue weighted by atomic mass is 32.2. The summed E-state index contributed by atoms with van der Waals surface area (Å²) in [6.45, 7) is 0. The predicted molar refractivity (Wildman–Crippen MR) is 105 cm³/mol. The van der Waals surface area contributed by atoms with Crippen LogP contribution in [-0.4, -0.2) is 16.8 Å². The average Bonchev–Trinajstić information content (AvgIpc) is 2.73. The smallest absolute Gasteiger partial charge is 0.176 e. The van der Waals surface area contributed by atoms with Gasteiger partial charge in [0.25, 0.3) is 0 Å². The molecule has 2 heterocycles. The fourth-order valence-corrected chi connectivity index (χ4v) is 5.06. The fourth-order valence-electron chi connectivity index (χ4n) is 2.86. The van der Waals surface area contributed by atoms with E-state index in [-0.39, 0.29) is 20.6 Å². The monoisotopic (exact) mass is 444 g/mol. The molecular formula is C20H16N2O6S2+2. The van der Waals surface area contributed by atoms with E-state index in [0.717, 1.165) is 9.46 Å². The van der Waals surface area contributed by atoms with E-state index in [1.165, 1.54) is 61.2 Å². The van der Waals surface area contributed by atoms with Crippen molar-refractivity contribution >= 4 is 31.0 Å². The third-order valence-corrected chi connectivity index (χ3v) is 6.65. The number of benzene rings is 2. The van der Waals surface area contributed by atoms with E-state index < -0.39 is 20.2 Å². The van der Waals surface area contributed by atoms with E-state index in [1.54, 1.807) is 36.4 Å². The van der Waals surface area contributed by atoms with Crippen LogP contribution in [0.25, 0.3) is 10.8 Å². The van der Waals surface area contributed by atoms with Crippen LogP contribution in [0, 0.1) is 0 Å². The molecule has 0 bridgehead atoms. The summed E-state index contributed by atoms with van der Waals surface area (Å²) in [7, 11) is -8.48. The molecule has 152 valence electrons. The van der Waals surface area contributed by atoms with E-state index in [9.17, 15) is 16.8 Å². The van der Waals surface area contributed by atoms with Gasteiger partial charge in [-0.15, -0.1) is 8.57 Å². The Morgan fingerprint density at radius 1 is 0.500 bits per heavy atom. The van der Waals surface area contributed by atoms with E-state index >= 15 is 0 Å². The first-order chi connectivity index (χ1) is 14.4. The van der Waals surface area contributed by atoms with Crippen molar-refractivity contribution in [1.29, 1.82) is 0 Å². The summed E-state index contributed by atoms with van der Waals surface area (Å²) in [5.74, 6) is 0. The summed E-state index contributed by atoms with van der Waals surface area (Å²) >= 11 is 0. The zero-order valence-electron chi connectivity index (χ0n) is 15.4. The first-order valence-electron chi connectivity index (χ1n) is 8.71. The third-order valence-electron chi connectivity index (χ3n) is 4.13. The maximum atomic E-state index is 12.8. The SMILES string of the molecule is O=S(=O)(O[n+]1ccccc1)c1cccc2c(S(=O)(=O)O[n+]3ccccc3)cccc12.